The van der Waals surface area contributed by atoms with Gasteiger partial charge in [0, 0.05) is 6.04 Å². The summed E-state index contributed by atoms with van der Waals surface area (Å²) in [5.41, 5.74) is 5.43. The second-order valence-electron chi connectivity index (χ2n) is 5.28. The Labute approximate surface area is 109 Å². The van der Waals surface area contributed by atoms with Gasteiger partial charge < -0.3 is 16.4 Å². The fourth-order valence-electron chi connectivity index (χ4n) is 1.04. The third-order valence-corrected chi connectivity index (χ3v) is 2.09. The molecule has 0 aromatic carbocycles. The Kier molecular flexibility index (Phi) is 8.19. The van der Waals surface area contributed by atoms with E-state index < -0.39 is 6.04 Å². The van der Waals surface area contributed by atoms with Gasteiger partial charge in [0.05, 0.1) is 12.6 Å². The molecule has 0 radical (unpaired) electrons. The smallest absolute Gasteiger partial charge is 0.239 e. The number of hydrogen-bond acceptors (Lipinski definition) is 3. The van der Waals surface area contributed by atoms with Crippen LogP contribution >= 0.6 is 12.4 Å². The third kappa shape index (κ3) is 7.99. The van der Waals surface area contributed by atoms with E-state index >= 15 is 0 Å². The van der Waals surface area contributed by atoms with E-state index in [1.807, 2.05) is 34.6 Å². The van der Waals surface area contributed by atoms with Crippen molar-refractivity contribution in [1.82, 2.24) is 10.6 Å². The summed E-state index contributed by atoms with van der Waals surface area (Å²) in [4.78, 5) is 22.8. The Morgan fingerprint density at radius 3 is 2.06 bits per heavy atom. The summed E-state index contributed by atoms with van der Waals surface area (Å²) in [5.74, 6) is -0.504. The van der Waals surface area contributed by atoms with Crippen molar-refractivity contribution in [2.75, 3.05) is 6.54 Å². The van der Waals surface area contributed by atoms with Gasteiger partial charge in [-0.25, -0.2) is 0 Å². The molecule has 0 aromatic heterocycles. The summed E-state index contributed by atoms with van der Waals surface area (Å²) >= 11 is 0. The Morgan fingerprint density at radius 1 is 1.24 bits per heavy atom. The molecule has 0 rings (SSSR count). The van der Waals surface area contributed by atoms with Crippen LogP contribution in [0.4, 0.5) is 0 Å². The van der Waals surface area contributed by atoms with Crippen LogP contribution in [0, 0.1) is 5.41 Å². The van der Waals surface area contributed by atoms with Crippen LogP contribution < -0.4 is 16.4 Å². The molecular formula is C11H24ClN3O2. The molecule has 0 aliphatic heterocycles. The number of hydrogen-bond donors (Lipinski definition) is 3. The van der Waals surface area contributed by atoms with Gasteiger partial charge in [0.1, 0.15) is 0 Å². The van der Waals surface area contributed by atoms with Crippen LogP contribution in [-0.2, 0) is 9.59 Å². The van der Waals surface area contributed by atoms with Crippen molar-refractivity contribution in [3.05, 3.63) is 0 Å². The second-order valence-corrected chi connectivity index (χ2v) is 5.28. The lowest BCUT2D eigenvalue weighted by molar-refractivity contribution is -0.128. The molecule has 102 valence electrons. The lowest BCUT2D eigenvalue weighted by Gasteiger charge is -2.25. The lowest BCUT2D eigenvalue weighted by Crippen LogP contribution is -2.51. The minimum Gasteiger partial charge on any atom is -0.352 e. The zero-order chi connectivity index (χ0) is 12.9. The molecule has 0 saturated heterocycles. The zero-order valence-electron chi connectivity index (χ0n) is 11.2. The zero-order valence-corrected chi connectivity index (χ0v) is 12.0. The molecule has 0 aliphatic carbocycles. The quantitative estimate of drug-likeness (QED) is 0.689. The second kappa shape index (κ2) is 7.50. The van der Waals surface area contributed by atoms with Crippen LogP contribution in [0.25, 0.3) is 0 Å². The molecule has 0 heterocycles. The van der Waals surface area contributed by atoms with Gasteiger partial charge >= 0.3 is 0 Å². The molecule has 0 unspecified atom stereocenters. The van der Waals surface area contributed by atoms with E-state index in [0.29, 0.717) is 0 Å². The number of rotatable bonds is 4. The van der Waals surface area contributed by atoms with Gasteiger partial charge in [0.2, 0.25) is 11.8 Å². The fourth-order valence-corrected chi connectivity index (χ4v) is 1.04. The predicted molar refractivity (Wildman–Crippen MR) is 71.0 cm³/mol. The molecule has 0 saturated carbocycles. The van der Waals surface area contributed by atoms with Crippen molar-refractivity contribution in [2.24, 2.45) is 11.1 Å². The minimum atomic E-state index is -0.612. The number of nitrogens with one attached hydrogen (secondary N) is 2. The molecule has 2 amide bonds. The summed E-state index contributed by atoms with van der Waals surface area (Å²) in [5, 5.41) is 5.20. The third-order valence-electron chi connectivity index (χ3n) is 2.09. The summed E-state index contributed by atoms with van der Waals surface area (Å²) in [6.07, 6.45) is 0. The van der Waals surface area contributed by atoms with Gasteiger partial charge in [0.15, 0.2) is 0 Å². The largest absolute Gasteiger partial charge is 0.352 e. The van der Waals surface area contributed by atoms with Crippen molar-refractivity contribution < 1.29 is 9.59 Å². The van der Waals surface area contributed by atoms with Gasteiger partial charge in [-0.1, -0.05) is 20.8 Å². The van der Waals surface area contributed by atoms with Crippen LogP contribution in [0.2, 0.25) is 0 Å². The molecule has 4 N–H and O–H groups in total. The van der Waals surface area contributed by atoms with Crippen molar-refractivity contribution >= 4 is 24.2 Å². The fraction of sp³-hybridized carbons (Fsp3) is 0.818. The minimum absolute atomic E-state index is 0. The first-order valence-electron chi connectivity index (χ1n) is 5.47. The highest BCUT2D eigenvalue weighted by Gasteiger charge is 2.27. The molecule has 0 fully saturated rings. The average Bonchev–Trinajstić information content (AvgIpc) is 2.10. The first-order valence-corrected chi connectivity index (χ1v) is 5.47. The standard InChI is InChI=1S/C11H23N3O2.ClH/c1-7(2)14-8(15)6-13-10(16)9(12)11(3,4)5;/h7,9H,6,12H2,1-5H3,(H,13,16)(H,14,15);1H/t9-;/m1./s1. The molecule has 1 atom stereocenters. The van der Waals surface area contributed by atoms with E-state index in [1.54, 1.807) is 0 Å². The Balaban J connectivity index is 0. The monoisotopic (exact) mass is 265 g/mol. The van der Waals surface area contributed by atoms with Crippen molar-refractivity contribution in [1.29, 1.82) is 0 Å². The maximum absolute atomic E-state index is 11.6. The van der Waals surface area contributed by atoms with E-state index in [1.165, 1.54) is 0 Å². The van der Waals surface area contributed by atoms with Crippen molar-refractivity contribution in [3.63, 3.8) is 0 Å². The number of carbonyl (C=O) groups excluding carboxylic acids is 2. The highest BCUT2D eigenvalue weighted by Crippen LogP contribution is 2.16. The molecular weight excluding hydrogens is 242 g/mol. The maximum Gasteiger partial charge on any atom is 0.239 e. The topological polar surface area (TPSA) is 84.2 Å². The molecule has 5 nitrogen and oxygen atoms in total. The SMILES string of the molecule is CC(C)NC(=O)CNC(=O)[C@@H](N)C(C)(C)C.Cl. The van der Waals surface area contributed by atoms with E-state index in [-0.39, 0.29) is 42.2 Å². The molecule has 0 aliphatic rings. The number of amides is 2. The van der Waals surface area contributed by atoms with E-state index in [9.17, 15) is 9.59 Å². The summed E-state index contributed by atoms with van der Waals surface area (Å²) in [6, 6.07) is -0.542. The number of halogens is 1. The number of carbonyl (C=O) groups is 2. The highest BCUT2D eigenvalue weighted by molar-refractivity contribution is 5.87. The molecule has 0 bridgehead atoms. The predicted octanol–water partition coefficient (Wildman–Crippen LogP) is 0.422. The van der Waals surface area contributed by atoms with Crippen LogP contribution in [0.5, 0.6) is 0 Å². The van der Waals surface area contributed by atoms with Gasteiger partial charge in [0.25, 0.3) is 0 Å². The first-order chi connectivity index (χ1) is 7.14. The van der Waals surface area contributed by atoms with Crippen LogP contribution in [0.1, 0.15) is 34.6 Å². The van der Waals surface area contributed by atoms with Crippen LogP contribution in [0.3, 0.4) is 0 Å². The first kappa shape index (κ1) is 18.6. The van der Waals surface area contributed by atoms with Crippen molar-refractivity contribution in [2.45, 2.75) is 46.7 Å². The van der Waals surface area contributed by atoms with E-state index in [2.05, 4.69) is 10.6 Å². The van der Waals surface area contributed by atoms with Crippen molar-refractivity contribution in [3.8, 4) is 0 Å². The van der Waals surface area contributed by atoms with Gasteiger partial charge in [-0.05, 0) is 19.3 Å². The lowest BCUT2D eigenvalue weighted by atomic mass is 9.87. The molecule has 0 spiro atoms. The van der Waals surface area contributed by atoms with E-state index in [4.69, 9.17) is 5.73 Å². The van der Waals surface area contributed by atoms with E-state index in [0.717, 1.165) is 0 Å². The molecule has 0 aromatic rings. The maximum atomic E-state index is 11.6. The van der Waals surface area contributed by atoms with Gasteiger partial charge in [-0.2, -0.15) is 0 Å². The average molecular weight is 266 g/mol. The summed E-state index contributed by atoms with van der Waals surface area (Å²) in [6.45, 7) is 9.34. The van der Waals surface area contributed by atoms with Crippen LogP contribution in [-0.4, -0.2) is 30.4 Å². The molecule has 6 heteroatoms. The highest BCUT2D eigenvalue weighted by atomic mass is 35.5. The normalized spacial score (nSPS) is 12.6. The van der Waals surface area contributed by atoms with Gasteiger partial charge in [-0.3, -0.25) is 9.59 Å². The Bertz CT molecular complexity index is 262. The Morgan fingerprint density at radius 2 is 1.71 bits per heavy atom. The summed E-state index contributed by atoms with van der Waals surface area (Å²) < 4.78 is 0. The summed E-state index contributed by atoms with van der Waals surface area (Å²) in [7, 11) is 0. The molecule has 17 heavy (non-hydrogen) atoms. The number of nitrogens with two attached hydrogens (primary N) is 1. The Hall–Kier alpha value is -0.810. The van der Waals surface area contributed by atoms with Crippen LogP contribution in [0.15, 0.2) is 0 Å². The van der Waals surface area contributed by atoms with Gasteiger partial charge in [-0.15, -0.1) is 12.4 Å².